The molecule has 0 aliphatic heterocycles. The Balaban J connectivity index is 1.26. The summed E-state index contributed by atoms with van der Waals surface area (Å²) in [5.41, 5.74) is 8.89. The molecule has 0 saturated heterocycles. The third-order valence-electron chi connectivity index (χ3n) is 6.72. The van der Waals surface area contributed by atoms with Gasteiger partial charge in [0.1, 0.15) is 23.3 Å². The van der Waals surface area contributed by atoms with E-state index in [0.717, 1.165) is 82.2 Å². The fourth-order valence-corrected chi connectivity index (χ4v) is 4.84. The number of nitrogens with zero attached hydrogens (tertiary/aromatic N) is 4. The number of H-pyrrole nitrogens is 4. The molecule has 4 aromatic heterocycles. The largest absolute Gasteiger partial charge is 0.345 e. The number of aromatic nitrogens is 8. The topological polar surface area (TPSA) is 115 Å². The summed E-state index contributed by atoms with van der Waals surface area (Å²) in [5, 5.41) is 0. The zero-order valence-electron chi connectivity index (χ0n) is 20.4. The number of allylic oxidation sites excluding steroid dienone is 2. The summed E-state index contributed by atoms with van der Waals surface area (Å²) in [6.07, 6.45) is 10.7. The number of imidazole rings is 4. The van der Waals surface area contributed by atoms with Crippen LogP contribution in [-0.4, -0.2) is 39.9 Å². The average molecular weight is 477 g/mol. The second-order valence-corrected chi connectivity index (χ2v) is 8.97. The van der Waals surface area contributed by atoms with Crippen LogP contribution >= 0.6 is 0 Å². The molecule has 0 radical (unpaired) electrons. The number of aromatic amines is 4. The molecule has 0 bridgehead atoms. The Labute approximate surface area is 208 Å². The third-order valence-corrected chi connectivity index (χ3v) is 6.72. The van der Waals surface area contributed by atoms with Crippen molar-refractivity contribution < 1.29 is 0 Å². The molecule has 0 atom stereocenters. The van der Waals surface area contributed by atoms with Gasteiger partial charge in [-0.25, -0.2) is 19.9 Å². The van der Waals surface area contributed by atoms with Gasteiger partial charge in [0.25, 0.3) is 0 Å². The maximum Gasteiger partial charge on any atom is 0.137 e. The molecule has 0 fully saturated rings. The Bertz CT molecular complexity index is 1520. The SMILES string of the molecule is CC/C(Cc1nc2ccc(-c3ncc[nH]3)cc2[nH]1)=C(/CC)Cc1nc2ccc(-c3ncc[nH]3)cc2[nH]1. The molecule has 180 valence electrons. The summed E-state index contributed by atoms with van der Waals surface area (Å²) in [7, 11) is 0. The van der Waals surface area contributed by atoms with Gasteiger partial charge in [0.2, 0.25) is 0 Å². The number of hydrogen-bond acceptors (Lipinski definition) is 4. The first-order chi connectivity index (χ1) is 17.7. The van der Waals surface area contributed by atoms with Crippen LogP contribution in [0.2, 0.25) is 0 Å². The van der Waals surface area contributed by atoms with Crippen LogP contribution in [0.25, 0.3) is 44.8 Å². The van der Waals surface area contributed by atoms with E-state index in [-0.39, 0.29) is 0 Å². The highest BCUT2D eigenvalue weighted by Gasteiger charge is 2.13. The predicted molar refractivity (Wildman–Crippen MR) is 142 cm³/mol. The number of hydrogen-bond donors (Lipinski definition) is 4. The number of fused-ring (bicyclic) bond motifs is 2. The van der Waals surface area contributed by atoms with E-state index in [2.05, 4.69) is 80.1 Å². The van der Waals surface area contributed by atoms with Crippen molar-refractivity contribution in [1.29, 1.82) is 0 Å². The first kappa shape index (κ1) is 22.0. The van der Waals surface area contributed by atoms with E-state index < -0.39 is 0 Å². The number of rotatable bonds is 8. The molecule has 2 aromatic carbocycles. The quantitative estimate of drug-likeness (QED) is 0.198. The van der Waals surface area contributed by atoms with Crippen LogP contribution < -0.4 is 0 Å². The minimum Gasteiger partial charge on any atom is -0.345 e. The predicted octanol–water partition coefficient (Wildman–Crippen LogP) is 6.12. The Morgan fingerprint density at radius 3 is 1.53 bits per heavy atom. The van der Waals surface area contributed by atoms with Gasteiger partial charge in [0, 0.05) is 48.8 Å². The van der Waals surface area contributed by atoms with Crippen molar-refractivity contribution in [2.24, 2.45) is 0 Å². The van der Waals surface area contributed by atoms with E-state index in [0.29, 0.717) is 0 Å². The summed E-state index contributed by atoms with van der Waals surface area (Å²) < 4.78 is 0. The van der Waals surface area contributed by atoms with Gasteiger partial charge in [0.15, 0.2) is 0 Å². The Morgan fingerprint density at radius 2 is 1.14 bits per heavy atom. The molecule has 8 nitrogen and oxygen atoms in total. The Hall–Kier alpha value is -4.46. The monoisotopic (exact) mass is 476 g/mol. The minimum atomic E-state index is 0.799. The highest BCUT2D eigenvalue weighted by Crippen LogP contribution is 2.26. The van der Waals surface area contributed by atoms with Gasteiger partial charge >= 0.3 is 0 Å². The molecule has 6 aromatic rings. The molecule has 4 heterocycles. The van der Waals surface area contributed by atoms with Gasteiger partial charge in [-0.05, 0) is 49.2 Å². The van der Waals surface area contributed by atoms with Crippen LogP contribution in [0.4, 0.5) is 0 Å². The van der Waals surface area contributed by atoms with Crippen molar-refractivity contribution in [1.82, 2.24) is 39.9 Å². The first-order valence-electron chi connectivity index (χ1n) is 12.4. The van der Waals surface area contributed by atoms with Crippen molar-refractivity contribution in [3.8, 4) is 22.8 Å². The van der Waals surface area contributed by atoms with Gasteiger partial charge < -0.3 is 19.9 Å². The van der Waals surface area contributed by atoms with Gasteiger partial charge in [-0.2, -0.15) is 0 Å². The number of nitrogens with one attached hydrogen (secondary N) is 4. The fraction of sp³-hybridized carbons (Fsp3) is 0.214. The van der Waals surface area contributed by atoms with E-state index in [4.69, 9.17) is 9.97 Å². The molecule has 6 rings (SSSR count). The standard InChI is InChI=1S/C28H28N8/c1-3-17(15-25-33-21-7-5-19(13-23(21)35-25)27-29-9-10-30-27)18(4-2)16-26-34-22-8-6-20(14-24(22)36-26)28-31-11-12-32-28/h5-14H,3-4,15-16H2,1-2H3,(H,29,30)(H,31,32)(H,33,35)(H,34,36)/b18-17+. The van der Waals surface area contributed by atoms with E-state index in [1.165, 1.54) is 11.1 Å². The molecule has 0 aliphatic rings. The maximum atomic E-state index is 4.86. The molecule has 4 N–H and O–H groups in total. The molecule has 0 amide bonds. The summed E-state index contributed by atoms with van der Waals surface area (Å²) in [4.78, 5) is 31.8. The van der Waals surface area contributed by atoms with Crippen molar-refractivity contribution in [3.05, 3.63) is 84.0 Å². The third kappa shape index (κ3) is 4.22. The zero-order chi connectivity index (χ0) is 24.5. The van der Waals surface area contributed by atoms with Gasteiger partial charge in [-0.1, -0.05) is 25.0 Å². The van der Waals surface area contributed by atoms with E-state index >= 15 is 0 Å². The normalized spacial score (nSPS) is 12.5. The Kier molecular flexibility index (Phi) is 5.69. The van der Waals surface area contributed by atoms with Crippen molar-refractivity contribution in [2.45, 2.75) is 39.5 Å². The van der Waals surface area contributed by atoms with Crippen LogP contribution in [0.3, 0.4) is 0 Å². The lowest BCUT2D eigenvalue weighted by Crippen LogP contribution is -2.01. The average Bonchev–Trinajstić information content (AvgIpc) is 3.71. The smallest absolute Gasteiger partial charge is 0.137 e. The van der Waals surface area contributed by atoms with Crippen molar-refractivity contribution in [2.75, 3.05) is 0 Å². The second kappa shape index (κ2) is 9.30. The summed E-state index contributed by atoms with van der Waals surface area (Å²) in [6, 6.07) is 12.4. The second-order valence-electron chi connectivity index (χ2n) is 8.97. The van der Waals surface area contributed by atoms with E-state index in [1.807, 2.05) is 12.4 Å². The van der Waals surface area contributed by atoms with Crippen LogP contribution in [-0.2, 0) is 12.8 Å². The van der Waals surface area contributed by atoms with Crippen LogP contribution in [0, 0.1) is 0 Å². The highest BCUT2D eigenvalue weighted by atomic mass is 14.9. The summed E-state index contributed by atoms with van der Waals surface area (Å²) in [5.74, 6) is 3.68. The molecular weight excluding hydrogens is 448 g/mol. The fourth-order valence-electron chi connectivity index (χ4n) is 4.84. The summed E-state index contributed by atoms with van der Waals surface area (Å²) in [6.45, 7) is 4.44. The molecule has 0 spiro atoms. The summed E-state index contributed by atoms with van der Waals surface area (Å²) >= 11 is 0. The number of benzene rings is 2. The van der Waals surface area contributed by atoms with Crippen LogP contribution in [0.1, 0.15) is 38.3 Å². The van der Waals surface area contributed by atoms with Crippen LogP contribution in [0.15, 0.2) is 72.3 Å². The van der Waals surface area contributed by atoms with E-state index in [1.54, 1.807) is 12.4 Å². The molecule has 0 saturated carbocycles. The van der Waals surface area contributed by atoms with E-state index in [9.17, 15) is 0 Å². The molecule has 36 heavy (non-hydrogen) atoms. The van der Waals surface area contributed by atoms with Gasteiger partial charge in [0.05, 0.1) is 22.1 Å². The van der Waals surface area contributed by atoms with Crippen molar-refractivity contribution >= 4 is 22.1 Å². The van der Waals surface area contributed by atoms with Gasteiger partial charge in [-0.3, -0.25) is 0 Å². The lowest BCUT2D eigenvalue weighted by atomic mass is 9.97. The first-order valence-corrected chi connectivity index (χ1v) is 12.4. The maximum absolute atomic E-state index is 4.86. The highest BCUT2D eigenvalue weighted by molar-refractivity contribution is 5.81. The minimum absolute atomic E-state index is 0.799. The zero-order valence-corrected chi connectivity index (χ0v) is 20.4. The van der Waals surface area contributed by atoms with Crippen molar-refractivity contribution in [3.63, 3.8) is 0 Å². The molecule has 0 aliphatic carbocycles. The molecular formula is C28H28N8. The molecule has 0 unspecified atom stereocenters. The lowest BCUT2D eigenvalue weighted by molar-refractivity contribution is 0.848. The van der Waals surface area contributed by atoms with Gasteiger partial charge in [-0.15, -0.1) is 0 Å². The molecule has 8 heteroatoms. The Morgan fingerprint density at radius 1 is 0.667 bits per heavy atom. The lowest BCUT2D eigenvalue weighted by Gasteiger charge is -2.11. The van der Waals surface area contributed by atoms with Crippen LogP contribution in [0.5, 0.6) is 0 Å².